The summed E-state index contributed by atoms with van der Waals surface area (Å²) in [6, 6.07) is 15.1. The summed E-state index contributed by atoms with van der Waals surface area (Å²) in [5, 5.41) is 5.71. The molecule has 1 saturated heterocycles. The molecule has 146 valence electrons. The molecule has 1 fully saturated rings. The first-order valence-corrected chi connectivity index (χ1v) is 10.3. The zero-order chi connectivity index (χ0) is 19.2. The van der Waals surface area contributed by atoms with Crippen molar-refractivity contribution in [2.45, 2.75) is 51.6 Å². The predicted octanol–water partition coefficient (Wildman–Crippen LogP) is 4.81. The number of nitrogens with one attached hydrogen (secondary N) is 1. The maximum Gasteiger partial charge on any atom is 0.318 e. The third-order valence-corrected chi connectivity index (χ3v) is 5.77. The number of hydrogen-bond donors (Lipinski definition) is 1. The van der Waals surface area contributed by atoms with Crippen molar-refractivity contribution < 1.29 is 4.79 Å². The van der Waals surface area contributed by atoms with Gasteiger partial charge in [-0.3, -0.25) is 0 Å². The lowest BCUT2D eigenvalue weighted by molar-refractivity contribution is 0.128. The molecule has 2 aromatic carbocycles. The Kier molecular flexibility index (Phi) is 6.73. The number of unbranched alkanes of at least 4 members (excludes halogenated alkanes) is 1. The minimum Gasteiger partial charge on any atom is -0.331 e. The van der Waals surface area contributed by atoms with E-state index in [4.69, 9.17) is 0 Å². The van der Waals surface area contributed by atoms with E-state index >= 15 is 0 Å². The number of rotatable bonds is 6. The van der Waals surface area contributed by atoms with Crippen molar-refractivity contribution in [3.8, 4) is 0 Å². The molecule has 0 bridgehead atoms. The van der Waals surface area contributed by atoms with Crippen LogP contribution < -0.4 is 5.32 Å². The molecule has 4 nitrogen and oxygen atoms in total. The van der Waals surface area contributed by atoms with Gasteiger partial charge in [0.25, 0.3) is 0 Å². The second-order valence-corrected chi connectivity index (χ2v) is 7.82. The SMILES string of the molecule is CCCCN(C(=O)NC(C)c1cccc2ccccc12)C1CCN(C)CC1. The Bertz CT molecular complexity index is 747. The van der Waals surface area contributed by atoms with Gasteiger partial charge in [0.15, 0.2) is 0 Å². The molecule has 1 N–H and O–H groups in total. The number of likely N-dealkylation sites (tertiary alicyclic amines) is 1. The largest absolute Gasteiger partial charge is 0.331 e. The molecule has 0 aromatic heterocycles. The summed E-state index contributed by atoms with van der Waals surface area (Å²) >= 11 is 0. The Balaban J connectivity index is 1.73. The van der Waals surface area contributed by atoms with Crippen molar-refractivity contribution >= 4 is 16.8 Å². The average Bonchev–Trinajstić information content (AvgIpc) is 2.69. The van der Waals surface area contributed by atoms with Crippen molar-refractivity contribution in [3.05, 3.63) is 48.0 Å². The van der Waals surface area contributed by atoms with Crippen LogP contribution in [0.4, 0.5) is 4.79 Å². The lowest BCUT2D eigenvalue weighted by atomic mass is 9.99. The molecule has 1 aliphatic rings. The molecule has 0 saturated carbocycles. The van der Waals surface area contributed by atoms with E-state index in [-0.39, 0.29) is 12.1 Å². The van der Waals surface area contributed by atoms with Gasteiger partial charge in [0.2, 0.25) is 0 Å². The van der Waals surface area contributed by atoms with Crippen molar-refractivity contribution in [1.29, 1.82) is 0 Å². The number of hydrogen-bond acceptors (Lipinski definition) is 2. The molecule has 2 amide bonds. The van der Waals surface area contributed by atoms with Crippen molar-refractivity contribution in [2.24, 2.45) is 0 Å². The topological polar surface area (TPSA) is 35.6 Å². The Morgan fingerprint density at radius 1 is 1.19 bits per heavy atom. The van der Waals surface area contributed by atoms with Gasteiger partial charge in [0, 0.05) is 12.6 Å². The third kappa shape index (κ3) is 4.81. The molecule has 1 heterocycles. The minimum absolute atomic E-state index is 0.0148. The van der Waals surface area contributed by atoms with Crippen LogP contribution in [-0.4, -0.2) is 48.6 Å². The lowest BCUT2D eigenvalue weighted by Gasteiger charge is -2.38. The number of nitrogens with zero attached hydrogens (tertiary/aromatic N) is 2. The van der Waals surface area contributed by atoms with E-state index in [9.17, 15) is 4.79 Å². The molecule has 0 aliphatic carbocycles. The fraction of sp³-hybridized carbons (Fsp3) is 0.522. The third-order valence-electron chi connectivity index (χ3n) is 5.77. The van der Waals surface area contributed by atoms with Gasteiger partial charge in [-0.25, -0.2) is 4.79 Å². The minimum atomic E-state index is -0.0148. The maximum absolute atomic E-state index is 13.2. The van der Waals surface area contributed by atoms with Crippen LogP contribution in [0.15, 0.2) is 42.5 Å². The second-order valence-electron chi connectivity index (χ2n) is 7.82. The zero-order valence-corrected chi connectivity index (χ0v) is 16.9. The predicted molar refractivity (Wildman–Crippen MR) is 113 cm³/mol. The molecular weight excluding hydrogens is 334 g/mol. The standard InChI is InChI=1S/C23H33N3O/c1-4-5-15-26(20-13-16-25(3)17-14-20)23(27)24-18(2)21-12-8-10-19-9-6-7-11-22(19)21/h6-12,18,20H,4-5,13-17H2,1-3H3,(H,24,27). The van der Waals surface area contributed by atoms with E-state index in [1.807, 2.05) is 0 Å². The fourth-order valence-electron chi connectivity index (χ4n) is 4.06. The van der Waals surface area contributed by atoms with Gasteiger partial charge in [-0.1, -0.05) is 55.8 Å². The van der Waals surface area contributed by atoms with Crippen LogP contribution in [0.1, 0.15) is 51.1 Å². The number of carbonyl (C=O) groups is 1. The Morgan fingerprint density at radius 3 is 2.63 bits per heavy atom. The van der Waals surface area contributed by atoms with Crippen LogP contribution in [0, 0.1) is 0 Å². The number of fused-ring (bicyclic) bond motifs is 1. The Hall–Kier alpha value is -2.07. The smallest absolute Gasteiger partial charge is 0.318 e. The highest BCUT2D eigenvalue weighted by atomic mass is 16.2. The summed E-state index contributed by atoms with van der Waals surface area (Å²) in [5.74, 6) is 0. The van der Waals surface area contributed by atoms with Crippen LogP contribution in [0.5, 0.6) is 0 Å². The van der Waals surface area contributed by atoms with Gasteiger partial charge in [0.1, 0.15) is 0 Å². The molecule has 1 aliphatic heterocycles. The van der Waals surface area contributed by atoms with E-state index in [0.717, 1.165) is 45.3 Å². The van der Waals surface area contributed by atoms with E-state index in [0.29, 0.717) is 6.04 Å². The van der Waals surface area contributed by atoms with Crippen LogP contribution in [0.3, 0.4) is 0 Å². The summed E-state index contributed by atoms with van der Waals surface area (Å²) in [6.07, 6.45) is 4.30. The molecule has 4 heteroatoms. The zero-order valence-electron chi connectivity index (χ0n) is 16.9. The number of carbonyl (C=O) groups excluding carboxylic acids is 1. The summed E-state index contributed by atoms with van der Waals surface area (Å²) in [7, 11) is 2.16. The monoisotopic (exact) mass is 367 g/mol. The number of benzene rings is 2. The maximum atomic E-state index is 13.2. The fourth-order valence-corrected chi connectivity index (χ4v) is 4.06. The first kappa shape index (κ1) is 19.7. The normalized spacial score (nSPS) is 17.0. The van der Waals surface area contributed by atoms with Crippen LogP contribution in [-0.2, 0) is 0 Å². The highest BCUT2D eigenvalue weighted by Gasteiger charge is 2.27. The first-order valence-electron chi connectivity index (χ1n) is 10.3. The number of piperidine rings is 1. The van der Waals surface area contributed by atoms with Crippen LogP contribution in [0.25, 0.3) is 10.8 Å². The van der Waals surface area contributed by atoms with Crippen molar-refractivity contribution in [1.82, 2.24) is 15.1 Å². The Morgan fingerprint density at radius 2 is 1.89 bits per heavy atom. The average molecular weight is 368 g/mol. The van der Waals surface area contributed by atoms with Gasteiger partial charge in [-0.15, -0.1) is 0 Å². The van der Waals surface area contributed by atoms with Crippen LogP contribution in [0.2, 0.25) is 0 Å². The van der Waals surface area contributed by atoms with Gasteiger partial charge in [0.05, 0.1) is 6.04 Å². The quantitative estimate of drug-likeness (QED) is 0.795. The summed E-state index contributed by atoms with van der Waals surface area (Å²) in [5.41, 5.74) is 1.18. The Labute approximate surface area is 163 Å². The van der Waals surface area contributed by atoms with Gasteiger partial charge < -0.3 is 15.1 Å². The van der Waals surface area contributed by atoms with E-state index in [1.54, 1.807) is 0 Å². The van der Waals surface area contributed by atoms with Crippen LogP contribution >= 0.6 is 0 Å². The summed E-state index contributed by atoms with van der Waals surface area (Å²) in [4.78, 5) is 17.6. The van der Waals surface area contributed by atoms with Gasteiger partial charge >= 0.3 is 6.03 Å². The molecule has 3 rings (SSSR count). The molecular formula is C23H33N3O. The first-order chi connectivity index (χ1) is 13.1. The highest BCUT2D eigenvalue weighted by Crippen LogP contribution is 2.25. The highest BCUT2D eigenvalue weighted by molar-refractivity contribution is 5.86. The van der Waals surface area contributed by atoms with Gasteiger partial charge in [-0.2, -0.15) is 0 Å². The molecule has 0 radical (unpaired) electrons. The number of amides is 2. The van der Waals surface area contributed by atoms with E-state index < -0.39 is 0 Å². The van der Waals surface area contributed by atoms with Gasteiger partial charge in [-0.05, 0) is 62.7 Å². The molecule has 1 atom stereocenters. The van der Waals surface area contributed by atoms with E-state index in [2.05, 4.69) is 78.5 Å². The number of urea groups is 1. The van der Waals surface area contributed by atoms with Crippen molar-refractivity contribution in [2.75, 3.05) is 26.7 Å². The molecule has 2 aromatic rings. The summed E-state index contributed by atoms with van der Waals surface area (Å²) in [6.45, 7) is 7.26. The molecule has 0 spiro atoms. The second kappa shape index (κ2) is 9.23. The molecule has 1 unspecified atom stereocenters. The lowest BCUT2D eigenvalue weighted by Crippen LogP contribution is -2.50. The van der Waals surface area contributed by atoms with E-state index in [1.165, 1.54) is 16.3 Å². The van der Waals surface area contributed by atoms with Crippen molar-refractivity contribution in [3.63, 3.8) is 0 Å². The summed E-state index contributed by atoms with van der Waals surface area (Å²) < 4.78 is 0. The molecule has 27 heavy (non-hydrogen) atoms.